The number of amides is 1. The first-order valence-electron chi connectivity index (χ1n) is 7.94. The number of ether oxygens (including phenoxy) is 1. The number of benzene rings is 2. The average Bonchev–Trinajstić information content (AvgIpc) is 2.60. The Labute approximate surface area is 162 Å². The number of hydrogen-bond acceptors (Lipinski definition) is 5. The maximum atomic E-state index is 12.2. The smallest absolute Gasteiger partial charge is 0.340 e. The number of nitrogens with two attached hydrogens (primary N) is 1. The summed E-state index contributed by atoms with van der Waals surface area (Å²) in [5.74, 6) is -1.42. The van der Waals surface area contributed by atoms with Crippen LogP contribution in [-0.2, 0) is 26.1 Å². The molecule has 0 aliphatic rings. The zero-order valence-corrected chi connectivity index (χ0v) is 16.3. The van der Waals surface area contributed by atoms with Crippen LogP contribution in [0, 0.1) is 6.92 Å². The number of hydrogen-bond donors (Lipinski definition) is 2. The SMILES string of the molecule is Cc1ccc(CNC(=O)[C@@H](C)OC(=O)c2cc(S(N)(=O)=O)ccc2Cl)cc1. The molecule has 0 saturated carbocycles. The van der Waals surface area contributed by atoms with Crippen molar-refractivity contribution in [2.45, 2.75) is 31.4 Å². The van der Waals surface area contributed by atoms with Gasteiger partial charge in [-0.05, 0) is 37.6 Å². The summed E-state index contributed by atoms with van der Waals surface area (Å²) < 4.78 is 27.9. The number of primary sulfonamides is 1. The van der Waals surface area contributed by atoms with E-state index in [9.17, 15) is 18.0 Å². The standard InChI is InChI=1S/C18H19ClN2O5S/c1-11-3-5-13(6-4-11)10-21-17(22)12(2)26-18(23)15-9-14(27(20,24)25)7-8-16(15)19/h3-9,12H,10H2,1-2H3,(H,21,22)(H2,20,24,25)/t12-/m1/s1. The van der Waals surface area contributed by atoms with Crippen molar-refractivity contribution >= 4 is 33.5 Å². The molecule has 0 saturated heterocycles. The Balaban J connectivity index is 2.02. The number of carbonyl (C=O) groups is 2. The van der Waals surface area contributed by atoms with Crippen molar-refractivity contribution in [1.29, 1.82) is 0 Å². The zero-order chi connectivity index (χ0) is 20.2. The highest BCUT2D eigenvalue weighted by molar-refractivity contribution is 7.89. The molecule has 0 fully saturated rings. The van der Waals surface area contributed by atoms with Gasteiger partial charge in [0.2, 0.25) is 10.0 Å². The number of nitrogens with one attached hydrogen (secondary N) is 1. The highest BCUT2D eigenvalue weighted by Crippen LogP contribution is 2.21. The second-order valence-electron chi connectivity index (χ2n) is 5.94. The third kappa shape index (κ3) is 5.78. The molecule has 0 heterocycles. The molecule has 7 nitrogen and oxygen atoms in total. The van der Waals surface area contributed by atoms with Gasteiger partial charge in [-0.25, -0.2) is 18.4 Å². The van der Waals surface area contributed by atoms with Crippen molar-refractivity contribution in [3.05, 3.63) is 64.2 Å². The van der Waals surface area contributed by atoms with Gasteiger partial charge in [-0.1, -0.05) is 41.4 Å². The molecule has 0 aliphatic heterocycles. The van der Waals surface area contributed by atoms with Gasteiger partial charge in [0.1, 0.15) is 0 Å². The van der Waals surface area contributed by atoms with Crippen molar-refractivity contribution in [2.24, 2.45) is 5.14 Å². The molecule has 0 aliphatic carbocycles. The van der Waals surface area contributed by atoms with E-state index in [1.165, 1.54) is 19.1 Å². The van der Waals surface area contributed by atoms with Crippen LogP contribution in [0.5, 0.6) is 0 Å². The zero-order valence-electron chi connectivity index (χ0n) is 14.7. The van der Waals surface area contributed by atoms with Crippen molar-refractivity contribution < 1.29 is 22.7 Å². The molecule has 0 aromatic heterocycles. The van der Waals surface area contributed by atoms with Crippen molar-refractivity contribution in [2.75, 3.05) is 0 Å². The van der Waals surface area contributed by atoms with Gasteiger partial charge in [0.05, 0.1) is 15.5 Å². The van der Waals surface area contributed by atoms with E-state index in [1.807, 2.05) is 31.2 Å². The van der Waals surface area contributed by atoms with Crippen molar-refractivity contribution in [3.63, 3.8) is 0 Å². The lowest BCUT2D eigenvalue weighted by Crippen LogP contribution is -2.35. The first-order valence-corrected chi connectivity index (χ1v) is 9.87. The molecule has 2 aromatic rings. The molecule has 0 spiro atoms. The molecule has 2 rings (SSSR count). The van der Waals surface area contributed by atoms with Gasteiger partial charge in [-0.15, -0.1) is 0 Å². The van der Waals surface area contributed by atoms with Crippen LogP contribution in [0.1, 0.15) is 28.4 Å². The number of rotatable bonds is 6. The second-order valence-corrected chi connectivity index (χ2v) is 7.91. The Morgan fingerprint density at radius 1 is 1.19 bits per heavy atom. The largest absolute Gasteiger partial charge is 0.449 e. The summed E-state index contributed by atoms with van der Waals surface area (Å²) in [5.41, 5.74) is 1.81. The lowest BCUT2D eigenvalue weighted by atomic mass is 10.1. The predicted octanol–water partition coefficient (Wildman–Crippen LogP) is 2.16. The minimum absolute atomic E-state index is 0.0142. The maximum Gasteiger partial charge on any atom is 0.340 e. The summed E-state index contributed by atoms with van der Waals surface area (Å²) in [6.07, 6.45) is -1.10. The predicted molar refractivity (Wildman–Crippen MR) is 101 cm³/mol. The Morgan fingerprint density at radius 2 is 1.81 bits per heavy atom. The molecule has 0 radical (unpaired) electrons. The van der Waals surface area contributed by atoms with E-state index in [1.54, 1.807) is 0 Å². The van der Waals surface area contributed by atoms with Crippen LogP contribution in [0.3, 0.4) is 0 Å². The fourth-order valence-electron chi connectivity index (χ4n) is 2.15. The maximum absolute atomic E-state index is 12.2. The van der Waals surface area contributed by atoms with Gasteiger partial charge in [0, 0.05) is 6.54 Å². The summed E-state index contributed by atoms with van der Waals surface area (Å²) >= 11 is 5.92. The molecule has 27 heavy (non-hydrogen) atoms. The molecule has 2 aromatic carbocycles. The van der Waals surface area contributed by atoms with Crippen LogP contribution >= 0.6 is 11.6 Å². The summed E-state index contributed by atoms with van der Waals surface area (Å²) in [6.45, 7) is 3.64. The Bertz CT molecular complexity index is 958. The van der Waals surface area contributed by atoms with E-state index in [-0.39, 0.29) is 22.0 Å². The topological polar surface area (TPSA) is 116 Å². The van der Waals surface area contributed by atoms with E-state index in [0.717, 1.165) is 17.2 Å². The van der Waals surface area contributed by atoms with E-state index in [2.05, 4.69) is 5.32 Å². The number of halogens is 1. The van der Waals surface area contributed by atoms with Crippen LogP contribution in [0.4, 0.5) is 0 Å². The van der Waals surface area contributed by atoms with Crippen molar-refractivity contribution in [1.82, 2.24) is 5.32 Å². The molecule has 144 valence electrons. The molecule has 9 heteroatoms. The van der Waals surface area contributed by atoms with Crippen LogP contribution in [0.15, 0.2) is 47.4 Å². The third-order valence-electron chi connectivity index (χ3n) is 3.73. The van der Waals surface area contributed by atoms with E-state index in [4.69, 9.17) is 21.5 Å². The summed E-state index contributed by atoms with van der Waals surface area (Å²) in [4.78, 5) is 24.1. The Morgan fingerprint density at radius 3 is 2.41 bits per heavy atom. The van der Waals surface area contributed by atoms with Crippen LogP contribution in [-0.4, -0.2) is 26.4 Å². The molecular weight excluding hydrogens is 392 g/mol. The van der Waals surface area contributed by atoms with Gasteiger partial charge < -0.3 is 10.1 Å². The van der Waals surface area contributed by atoms with Gasteiger partial charge in [-0.3, -0.25) is 4.79 Å². The normalized spacial score (nSPS) is 12.3. The van der Waals surface area contributed by atoms with Crippen LogP contribution in [0.25, 0.3) is 0 Å². The molecule has 3 N–H and O–H groups in total. The highest BCUT2D eigenvalue weighted by atomic mass is 35.5. The quantitative estimate of drug-likeness (QED) is 0.708. The first kappa shape index (κ1) is 20.9. The average molecular weight is 411 g/mol. The number of esters is 1. The van der Waals surface area contributed by atoms with Crippen LogP contribution < -0.4 is 10.5 Å². The first-order chi connectivity index (χ1) is 12.6. The third-order valence-corrected chi connectivity index (χ3v) is 4.97. The van der Waals surface area contributed by atoms with Gasteiger partial charge in [0.25, 0.3) is 5.91 Å². The number of carbonyl (C=O) groups excluding carboxylic acids is 2. The minimum atomic E-state index is -4.01. The summed E-state index contributed by atoms with van der Waals surface area (Å²) in [6, 6.07) is 11.0. The highest BCUT2D eigenvalue weighted by Gasteiger charge is 2.22. The number of sulfonamides is 1. The van der Waals surface area contributed by atoms with E-state index < -0.39 is 28.0 Å². The summed E-state index contributed by atoms with van der Waals surface area (Å²) in [7, 11) is -4.01. The van der Waals surface area contributed by atoms with E-state index >= 15 is 0 Å². The molecule has 1 atom stereocenters. The van der Waals surface area contributed by atoms with Gasteiger partial charge in [-0.2, -0.15) is 0 Å². The molecular formula is C18H19ClN2O5S. The fourth-order valence-corrected chi connectivity index (χ4v) is 2.89. The monoisotopic (exact) mass is 410 g/mol. The molecule has 0 unspecified atom stereocenters. The lowest BCUT2D eigenvalue weighted by molar-refractivity contribution is -0.129. The molecule has 1 amide bonds. The lowest BCUT2D eigenvalue weighted by Gasteiger charge is -2.14. The van der Waals surface area contributed by atoms with Gasteiger partial charge in [0.15, 0.2) is 6.10 Å². The van der Waals surface area contributed by atoms with Gasteiger partial charge >= 0.3 is 5.97 Å². The number of aryl methyl sites for hydroxylation is 1. The van der Waals surface area contributed by atoms with Crippen LogP contribution in [0.2, 0.25) is 5.02 Å². The summed E-state index contributed by atoms with van der Waals surface area (Å²) in [5, 5.41) is 7.69. The fraction of sp³-hybridized carbons (Fsp3) is 0.222. The second kappa shape index (κ2) is 8.51. The van der Waals surface area contributed by atoms with Crippen molar-refractivity contribution in [3.8, 4) is 0 Å². The van der Waals surface area contributed by atoms with E-state index in [0.29, 0.717) is 0 Å². The minimum Gasteiger partial charge on any atom is -0.449 e. The molecule has 0 bridgehead atoms. The Hall–Kier alpha value is -2.42. The Kier molecular flexibility index (Phi) is 6.59.